The summed E-state index contributed by atoms with van der Waals surface area (Å²) in [6.45, 7) is 2.29. The predicted octanol–water partition coefficient (Wildman–Crippen LogP) is 2.97. The zero-order chi connectivity index (χ0) is 9.97. The predicted molar refractivity (Wildman–Crippen MR) is 62.5 cm³/mol. The molecular weight excluding hydrogens is 190 g/mol. The number of allylic oxidation sites excluding steroid dienone is 1. The first kappa shape index (κ1) is 9.94. The maximum absolute atomic E-state index is 5.97. The Labute approximate surface area is 89.6 Å². The van der Waals surface area contributed by atoms with Crippen LogP contribution in [0.15, 0.2) is 29.2 Å². The first-order chi connectivity index (χ1) is 6.74. The lowest BCUT2D eigenvalue weighted by atomic mass is 9.86. The fourth-order valence-electron chi connectivity index (χ4n) is 2.20. The molecule has 0 bridgehead atoms. The Morgan fingerprint density at radius 1 is 1.57 bits per heavy atom. The molecule has 1 heterocycles. The highest BCUT2D eigenvalue weighted by Gasteiger charge is 2.16. The standard InChI is InChI=1S/C12H17NS/c1-9-5-10(7-11(13)6-9)8-12-3-2-4-14-12/h2-4,7,9,11H,5-6,8,13H2,1H3. The van der Waals surface area contributed by atoms with Crippen LogP contribution in [0.4, 0.5) is 0 Å². The highest BCUT2D eigenvalue weighted by molar-refractivity contribution is 7.09. The molecule has 2 rings (SSSR count). The Kier molecular flexibility index (Phi) is 3.04. The average Bonchev–Trinajstić information content (AvgIpc) is 2.54. The van der Waals surface area contributed by atoms with Crippen LogP contribution in [0.25, 0.3) is 0 Å². The first-order valence-corrected chi connectivity index (χ1v) is 6.09. The van der Waals surface area contributed by atoms with Gasteiger partial charge in [0.25, 0.3) is 0 Å². The normalized spacial score (nSPS) is 27.4. The summed E-state index contributed by atoms with van der Waals surface area (Å²) in [5, 5.41) is 2.14. The molecule has 14 heavy (non-hydrogen) atoms. The minimum atomic E-state index is 0.286. The molecule has 0 aliphatic heterocycles. The fourth-order valence-corrected chi connectivity index (χ4v) is 2.96. The van der Waals surface area contributed by atoms with E-state index in [0.29, 0.717) is 0 Å². The zero-order valence-electron chi connectivity index (χ0n) is 8.57. The third kappa shape index (κ3) is 2.46. The van der Waals surface area contributed by atoms with Gasteiger partial charge in [0.2, 0.25) is 0 Å². The molecule has 1 aliphatic carbocycles. The minimum absolute atomic E-state index is 0.286. The summed E-state index contributed by atoms with van der Waals surface area (Å²) in [4.78, 5) is 1.46. The lowest BCUT2D eigenvalue weighted by Crippen LogP contribution is -2.25. The summed E-state index contributed by atoms with van der Waals surface area (Å²) in [5.74, 6) is 0.755. The Bertz CT molecular complexity index is 313. The van der Waals surface area contributed by atoms with E-state index in [2.05, 4.69) is 30.5 Å². The Hall–Kier alpha value is -0.600. The highest BCUT2D eigenvalue weighted by atomic mass is 32.1. The topological polar surface area (TPSA) is 26.0 Å². The molecule has 1 aliphatic rings. The second kappa shape index (κ2) is 4.28. The third-order valence-corrected chi connectivity index (χ3v) is 3.59. The Morgan fingerprint density at radius 2 is 2.43 bits per heavy atom. The number of hydrogen-bond acceptors (Lipinski definition) is 2. The molecule has 0 amide bonds. The number of thiophene rings is 1. The molecule has 2 unspecified atom stereocenters. The summed E-state index contributed by atoms with van der Waals surface area (Å²) in [6, 6.07) is 4.61. The molecule has 0 saturated heterocycles. The van der Waals surface area contributed by atoms with Gasteiger partial charge in [0, 0.05) is 17.3 Å². The van der Waals surface area contributed by atoms with E-state index in [1.807, 2.05) is 11.3 Å². The van der Waals surface area contributed by atoms with E-state index < -0.39 is 0 Å². The molecule has 2 heteroatoms. The molecule has 1 aromatic heterocycles. The number of nitrogens with two attached hydrogens (primary N) is 1. The smallest absolute Gasteiger partial charge is 0.0229 e. The van der Waals surface area contributed by atoms with Crippen molar-refractivity contribution in [1.29, 1.82) is 0 Å². The summed E-state index contributed by atoms with van der Waals surface area (Å²) < 4.78 is 0. The van der Waals surface area contributed by atoms with Gasteiger partial charge in [-0.1, -0.05) is 24.6 Å². The molecule has 76 valence electrons. The van der Waals surface area contributed by atoms with Crippen LogP contribution in [0.1, 0.15) is 24.6 Å². The van der Waals surface area contributed by atoms with Crippen LogP contribution >= 0.6 is 11.3 Å². The molecule has 0 saturated carbocycles. The van der Waals surface area contributed by atoms with Crippen molar-refractivity contribution in [3.63, 3.8) is 0 Å². The maximum atomic E-state index is 5.97. The van der Waals surface area contributed by atoms with Crippen LogP contribution in [0, 0.1) is 5.92 Å². The molecule has 2 N–H and O–H groups in total. The SMILES string of the molecule is CC1CC(Cc2cccs2)=CC(N)C1. The van der Waals surface area contributed by atoms with Gasteiger partial charge in [-0.15, -0.1) is 11.3 Å². The fraction of sp³-hybridized carbons (Fsp3) is 0.500. The summed E-state index contributed by atoms with van der Waals surface area (Å²) in [6.07, 6.45) is 5.75. The van der Waals surface area contributed by atoms with Gasteiger partial charge in [-0.25, -0.2) is 0 Å². The van der Waals surface area contributed by atoms with Gasteiger partial charge in [0.1, 0.15) is 0 Å². The van der Waals surface area contributed by atoms with Gasteiger partial charge in [0.15, 0.2) is 0 Å². The van der Waals surface area contributed by atoms with Crippen LogP contribution in [0.3, 0.4) is 0 Å². The number of rotatable bonds is 2. The van der Waals surface area contributed by atoms with E-state index in [1.54, 1.807) is 0 Å². The minimum Gasteiger partial charge on any atom is -0.324 e. The van der Waals surface area contributed by atoms with E-state index in [4.69, 9.17) is 5.73 Å². The number of hydrogen-bond donors (Lipinski definition) is 1. The van der Waals surface area contributed by atoms with Crippen molar-refractivity contribution in [3.05, 3.63) is 34.0 Å². The van der Waals surface area contributed by atoms with Crippen LogP contribution in [-0.4, -0.2) is 6.04 Å². The van der Waals surface area contributed by atoms with Crippen molar-refractivity contribution in [1.82, 2.24) is 0 Å². The maximum Gasteiger partial charge on any atom is 0.0229 e. The Balaban J connectivity index is 2.04. The molecule has 0 aromatic carbocycles. The van der Waals surface area contributed by atoms with E-state index in [-0.39, 0.29) is 6.04 Å². The van der Waals surface area contributed by atoms with Gasteiger partial charge < -0.3 is 5.73 Å². The lowest BCUT2D eigenvalue weighted by Gasteiger charge is -2.23. The van der Waals surface area contributed by atoms with Gasteiger partial charge >= 0.3 is 0 Å². The van der Waals surface area contributed by atoms with E-state index in [1.165, 1.54) is 16.9 Å². The van der Waals surface area contributed by atoms with Crippen molar-refractivity contribution >= 4 is 11.3 Å². The molecular formula is C12H17NS. The van der Waals surface area contributed by atoms with E-state index in [0.717, 1.165) is 18.8 Å². The van der Waals surface area contributed by atoms with Crippen LogP contribution in [0.5, 0.6) is 0 Å². The van der Waals surface area contributed by atoms with E-state index in [9.17, 15) is 0 Å². The van der Waals surface area contributed by atoms with Gasteiger partial charge in [-0.3, -0.25) is 0 Å². The molecule has 2 atom stereocenters. The zero-order valence-corrected chi connectivity index (χ0v) is 9.39. The van der Waals surface area contributed by atoms with Crippen molar-refractivity contribution in [2.75, 3.05) is 0 Å². The first-order valence-electron chi connectivity index (χ1n) is 5.21. The van der Waals surface area contributed by atoms with Crippen molar-refractivity contribution in [2.24, 2.45) is 11.7 Å². The van der Waals surface area contributed by atoms with E-state index >= 15 is 0 Å². The van der Waals surface area contributed by atoms with Gasteiger partial charge in [-0.2, -0.15) is 0 Å². The highest BCUT2D eigenvalue weighted by Crippen LogP contribution is 2.26. The second-order valence-electron chi connectivity index (χ2n) is 4.29. The Morgan fingerprint density at radius 3 is 3.07 bits per heavy atom. The van der Waals surface area contributed by atoms with Crippen molar-refractivity contribution in [3.8, 4) is 0 Å². The van der Waals surface area contributed by atoms with Crippen LogP contribution in [-0.2, 0) is 6.42 Å². The molecule has 0 spiro atoms. The van der Waals surface area contributed by atoms with Gasteiger partial charge in [0.05, 0.1) is 0 Å². The molecule has 1 aromatic rings. The molecule has 1 nitrogen and oxygen atoms in total. The lowest BCUT2D eigenvalue weighted by molar-refractivity contribution is 0.468. The largest absolute Gasteiger partial charge is 0.324 e. The molecule has 0 radical (unpaired) electrons. The summed E-state index contributed by atoms with van der Waals surface area (Å²) in [7, 11) is 0. The van der Waals surface area contributed by atoms with Crippen molar-refractivity contribution < 1.29 is 0 Å². The average molecular weight is 207 g/mol. The van der Waals surface area contributed by atoms with Gasteiger partial charge in [-0.05, 0) is 30.2 Å². The second-order valence-corrected chi connectivity index (χ2v) is 5.32. The van der Waals surface area contributed by atoms with Crippen LogP contribution in [0.2, 0.25) is 0 Å². The monoisotopic (exact) mass is 207 g/mol. The van der Waals surface area contributed by atoms with Crippen LogP contribution < -0.4 is 5.73 Å². The summed E-state index contributed by atoms with van der Waals surface area (Å²) in [5.41, 5.74) is 7.50. The third-order valence-electron chi connectivity index (χ3n) is 2.72. The summed E-state index contributed by atoms with van der Waals surface area (Å²) >= 11 is 1.84. The molecule has 0 fully saturated rings. The quantitative estimate of drug-likeness (QED) is 0.741. The van der Waals surface area contributed by atoms with Crippen molar-refractivity contribution in [2.45, 2.75) is 32.2 Å².